The number of aliphatic hydroxyl groups is 1. The summed E-state index contributed by atoms with van der Waals surface area (Å²) in [7, 11) is 0. The highest BCUT2D eigenvalue weighted by Crippen LogP contribution is 2.10. The Kier molecular flexibility index (Phi) is 6.70. The second-order valence-electron chi connectivity index (χ2n) is 3.64. The summed E-state index contributed by atoms with van der Waals surface area (Å²) in [6.45, 7) is 3.70. The molecule has 15 heavy (non-hydrogen) atoms. The van der Waals surface area contributed by atoms with Crippen molar-refractivity contribution in [2.24, 2.45) is 11.8 Å². The van der Waals surface area contributed by atoms with Gasteiger partial charge in [0.15, 0.2) is 0 Å². The van der Waals surface area contributed by atoms with Crippen LogP contribution >= 0.6 is 0 Å². The summed E-state index contributed by atoms with van der Waals surface area (Å²) in [5, 5.41) is 19.8. The third-order valence-electron chi connectivity index (χ3n) is 2.44. The van der Waals surface area contributed by atoms with Crippen molar-refractivity contribution in [1.29, 1.82) is 0 Å². The highest BCUT2D eigenvalue weighted by molar-refractivity contribution is 5.84. The van der Waals surface area contributed by atoms with Gasteiger partial charge in [0.2, 0.25) is 5.91 Å². The number of unbranched alkanes of at least 4 members (excludes halogenated alkanes) is 1. The Hall–Kier alpha value is -1.10. The van der Waals surface area contributed by atoms with E-state index >= 15 is 0 Å². The summed E-state index contributed by atoms with van der Waals surface area (Å²) in [6.07, 6.45) is 1.35. The lowest BCUT2D eigenvalue weighted by atomic mass is 9.95. The van der Waals surface area contributed by atoms with Gasteiger partial charge < -0.3 is 15.5 Å². The smallest absolute Gasteiger partial charge is 0.307 e. The summed E-state index contributed by atoms with van der Waals surface area (Å²) in [4.78, 5) is 22.0. The van der Waals surface area contributed by atoms with E-state index < -0.39 is 17.8 Å². The predicted molar refractivity (Wildman–Crippen MR) is 55.3 cm³/mol. The van der Waals surface area contributed by atoms with Crippen LogP contribution in [0, 0.1) is 11.8 Å². The lowest BCUT2D eigenvalue weighted by Gasteiger charge is -2.15. The van der Waals surface area contributed by atoms with Gasteiger partial charge in [-0.3, -0.25) is 9.59 Å². The van der Waals surface area contributed by atoms with Crippen molar-refractivity contribution in [2.75, 3.05) is 13.2 Å². The number of aliphatic carboxylic acids is 1. The molecule has 0 bridgehead atoms. The Morgan fingerprint density at radius 1 is 1.20 bits per heavy atom. The molecule has 0 radical (unpaired) electrons. The van der Waals surface area contributed by atoms with Crippen LogP contribution in [0.2, 0.25) is 0 Å². The molecule has 1 amide bonds. The molecule has 0 heterocycles. The molecule has 0 saturated heterocycles. The first-order chi connectivity index (χ1) is 7.00. The van der Waals surface area contributed by atoms with Crippen LogP contribution in [0.25, 0.3) is 0 Å². The molecular weight excluding hydrogens is 198 g/mol. The van der Waals surface area contributed by atoms with Crippen LogP contribution in [0.4, 0.5) is 0 Å². The molecule has 0 aliphatic carbocycles. The van der Waals surface area contributed by atoms with E-state index in [1.807, 2.05) is 0 Å². The van der Waals surface area contributed by atoms with E-state index in [1.165, 1.54) is 6.92 Å². The monoisotopic (exact) mass is 217 g/mol. The first kappa shape index (κ1) is 13.9. The Balaban J connectivity index is 3.84. The Bertz CT molecular complexity index is 217. The van der Waals surface area contributed by atoms with Crippen LogP contribution < -0.4 is 5.32 Å². The van der Waals surface area contributed by atoms with Crippen molar-refractivity contribution in [3.05, 3.63) is 0 Å². The van der Waals surface area contributed by atoms with Crippen LogP contribution in [0.3, 0.4) is 0 Å². The van der Waals surface area contributed by atoms with Gasteiger partial charge in [-0.15, -0.1) is 0 Å². The van der Waals surface area contributed by atoms with Crippen molar-refractivity contribution in [2.45, 2.75) is 26.7 Å². The molecule has 0 aliphatic heterocycles. The quantitative estimate of drug-likeness (QED) is 0.533. The average Bonchev–Trinajstić information content (AvgIpc) is 2.21. The molecule has 5 nitrogen and oxygen atoms in total. The number of amides is 1. The average molecular weight is 217 g/mol. The maximum absolute atomic E-state index is 11.4. The number of hydrogen-bond donors (Lipinski definition) is 3. The van der Waals surface area contributed by atoms with Crippen LogP contribution in [-0.4, -0.2) is 35.2 Å². The maximum atomic E-state index is 11.4. The zero-order valence-electron chi connectivity index (χ0n) is 9.19. The van der Waals surface area contributed by atoms with Crippen molar-refractivity contribution >= 4 is 11.9 Å². The van der Waals surface area contributed by atoms with Gasteiger partial charge in [-0.25, -0.2) is 0 Å². The van der Waals surface area contributed by atoms with Gasteiger partial charge in [0.1, 0.15) is 0 Å². The molecule has 0 aromatic heterocycles. The van der Waals surface area contributed by atoms with Gasteiger partial charge in [0, 0.05) is 19.1 Å². The van der Waals surface area contributed by atoms with Crippen molar-refractivity contribution in [1.82, 2.24) is 5.32 Å². The Morgan fingerprint density at radius 2 is 1.80 bits per heavy atom. The highest BCUT2D eigenvalue weighted by atomic mass is 16.4. The van der Waals surface area contributed by atoms with E-state index in [2.05, 4.69) is 5.32 Å². The number of carbonyl (C=O) groups excluding carboxylic acids is 1. The highest BCUT2D eigenvalue weighted by Gasteiger charge is 2.25. The molecular formula is C10H19NO4. The molecule has 0 aromatic rings. The minimum absolute atomic E-state index is 0.108. The third kappa shape index (κ3) is 5.37. The van der Waals surface area contributed by atoms with Crippen LogP contribution in [0.1, 0.15) is 26.7 Å². The molecule has 0 saturated carbocycles. The topological polar surface area (TPSA) is 86.6 Å². The zero-order chi connectivity index (χ0) is 11.8. The van der Waals surface area contributed by atoms with Crippen LogP contribution in [-0.2, 0) is 9.59 Å². The molecule has 88 valence electrons. The molecule has 3 N–H and O–H groups in total. The van der Waals surface area contributed by atoms with E-state index in [0.29, 0.717) is 19.4 Å². The number of rotatable bonds is 7. The molecule has 0 aromatic carbocycles. The van der Waals surface area contributed by atoms with Gasteiger partial charge >= 0.3 is 5.97 Å². The normalized spacial score (nSPS) is 14.3. The van der Waals surface area contributed by atoms with Gasteiger partial charge in [-0.2, -0.15) is 0 Å². The maximum Gasteiger partial charge on any atom is 0.307 e. The Morgan fingerprint density at radius 3 is 2.27 bits per heavy atom. The van der Waals surface area contributed by atoms with Gasteiger partial charge in [0.05, 0.1) is 5.92 Å². The lowest BCUT2D eigenvalue weighted by molar-refractivity contribution is -0.146. The number of carbonyl (C=O) groups is 2. The summed E-state index contributed by atoms with van der Waals surface area (Å²) in [5.41, 5.74) is 0. The van der Waals surface area contributed by atoms with Gasteiger partial charge in [-0.05, 0) is 12.8 Å². The molecule has 2 atom stereocenters. The van der Waals surface area contributed by atoms with E-state index in [0.717, 1.165) is 0 Å². The summed E-state index contributed by atoms with van der Waals surface area (Å²) in [5.74, 6) is -2.42. The van der Waals surface area contributed by atoms with Crippen molar-refractivity contribution in [3.8, 4) is 0 Å². The summed E-state index contributed by atoms with van der Waals surface area (Å²) < 4.78 is 0. The minimum atomic E-state index is -0.965. The molecule has 2 unspecified atom stereocenters. The number of aliphatic hydroxyl groups excluding tert-OH is 1. The SMILES string of the molecule is CC(C(=O)O)C(C)C(=O)NCCCCO. The van der Waals surface area contributed by atoms with Crippen molar-refractivity contribution in [3.63, 3.8) is 0 Å². The molecule has 0 aliphatic rings. The fourth-order valence-corrected chi connectivity index (χ4v) is 1.05. The second kappa shape index (κ2) is 7.23. The largest absolute Gasteiger partial charge is 0.481 e. The minimum Gasteiger partial charge on any atom is -0.481 e. The standard InChI is InChI=1S/C10H19NO4/c1-7(8(2)10(14)15)9(13)11-5-3-4-6-12/h7-8,12H,3-6H2,1-2H3,(H,11,13)(H,14,15). The first-order valence-corrected chi connectivity index (χ1v) is 5.12. The first-order valence-electron chi connectivity index (χ1n) is 5.12. The van der Waals surface area contributed by atoms with Crippen LogP contribution in [0.15, 0.2) is 0 Å². The zero-order valence-corrected chi connectivity index (χ0v) is 9.19. The number of carboxylic acid groups (broad SMARTS) is 1. The van der Waals surface area contributed by atoms with Crippen molar-refractivity contribution < 1.29 is 19.8 Å². The van der Waals surface area contributed by atoms with Gasteiger partial charge in [-0.1, -0.05) is 13.8 Å². The number of nitrogens with one attached hydrogen (secondary N) is 1. The summed E-state index contributed by atoms with van der Waals surface area (Å²) >= 11 is 0. The lowest BCUT2D eigenvalue weighted by Crippen LogP contribution is -2.35. The predicted octanol–water partition coefficient (Wildman–Crippen LogP) is 0.232. The van der Waals surface area contributed by atoms with E-state index in [-0.39, 0.29) is 12.5 Å². The van der Waals surface area contributed by atoms with Gasteiger partial charge in [0.25, 0.3) is 0 Å². The number of hydrogen-bond acceptors (Lipinski definition) is 3. The number of carboxylic acids is 1. The van der Waals surface area contributed by atoms with E-state index in [9.17, 15) is 9.59 Å². The van der Waals surface area contributed by atoms with Crippen LogP contribution in [0.5, 0.6) is 0 Å². The molecule has 0 fully saturated rings. The third-order valence-corrected chi connectivity index (χ3v) is 2.44. The molecule has 0 rings (SSSR count). The molecule has 5 heteroatoms. The Labute approximate surface area is 89.5 Å². The fraction of sp³-hybridized carbons (Fsp3) is 0.800. The molecule has 0 spiro atoms. The fourth-order valence-electron chi connectivity index (χ4n) is 1.05. The summed E-state index contributed by atoms with van der Waals surface area (Å²) in [6, 6.07) is 0. The second-order valence-corrected chi connectivity index (χ2v) is 3.64. The van der Waals surface area contributed by atoms with E-state index in [4.69, 9.17) is 10.2 Å². The van der Waals surface area contributed by atoms with E-state index in [1.54, 1.807) is 6.92 Å².